The number of methoxy groups -OCH3 is 1. The number of hydrogen-bond acceptors (Lipinski definition) is 5. The smallest absolute Gasteiger partial charge is 0.245 e. The van der Waals surface area contributed by atoms with E-state index in [4.69, 9.17) is 21.7 Å². The third-order valence-electron chi connectivity index (χ3n) is 3.44. The van der Waals surface area contributed by atoms with Gasteiger partial charge in [0.2, 0.25) is 10.0 Å². The monoisotopic (exact) mass is 373 g/mol. The van der Waals surface area contributed by atoms with Gasteiger partial charge in [0.1, 0.15) is 10.6 Å². The SMILES string of the molecule is COc1ccc(NC(=S)NC(C)C)c(S(=O)(=O)N2CCOCC2)c1. The number of morpholine rings is 1. The number of sulfonamides is 1. The lowest BCUT2D eigenvalue weighted by Crippen LogP contribution is -2.41. The van der Waals surface area contributed by atoms with Crippen molar-refractivity contribution in [3.8, 4) is 5.75 Å². The molecule has 1 aliphatic rings. The van der Waals surface area contributed by atoms with E-state index in [-0.39, 0.29) is 10.9 Å². The van der Waals surface area contributed by atoms with Gasteiger partial charge in [-0.05, 0) is 38.2 Å². The number of anilines is 1. The zero-order chi connectivity index (χ0) is 17.7. The van der Waals surface area contributed by atoms with E-state index < -0.39 is 10.0 Å². The van der Waals surface area contributed by atoms with Crippen molar-refractivity contribution in [1.82, 2.24) is 9.62 Å². The lowest BCUT2D eigenvalue weighted by Gasteiger charge is -2.27. The quantitative estimate of drug-likeness (QED) is 0.756. The predicted molar refractivity (Wildman–Crippen MR) is 97.1 cm³/mol. The summed E-state index contributed by atoms with van der Waals surface area (Å²) < 4.78 is 37.8. The summed E-state index contributed by atoms with van der Waals surface area (Å²) in [6, 6.07) is 4.99. The Bertz CT molecular complexity index is 686. The van der Waals surface area contributed by atoms with E-state index in [1.54, 1.807) is 12.1 Å². The van der Waals surface area contributed by atoms with Crippen molar-refractivity contribution in [3.05, 3.63) is 18.2 Å². The van der Waals surface area contributed by atoms with Gasteiger partial charge in [-0.1, -0.05) is 0 Å². The van der Waals surface area contributed by atoms with Crippen molar-refractivity contribution in [2.75, 3.05) is 38.7 Å². The molecule has 0 spiro atoms. The molecule has 0 atom stereocenters. The van der Waals surface area contributed by atoms with Crippen molar-refractivity contribution in [3.63, 3.8) is 0 Å². The summed E-state index contributed by atoms with van der Waals surface area (Å²) in [5.41, 5.74) is 0.417. The molecule has 0 aliphatic carbocycles. The molecule has 134 valence electrons. The number of hydrogen-bond donors (Lipinski definition) is 2. The highest BCUT2D eigenvalue weighted by Gasteiger charge is 2.29. The molecule has 0 amide bonds. The second-order valence-corrected chi connectivity index (χ2v) is 7.95. The van der Waals surface area contributed by atoms with Crippen LogP contribution in [0.4, 0.5) is 5.69 Å². The Labute approximate surface area is 148 Å². The van der Waals surface area contributed by atoms with Gasteiger partial charge in [-0.2, -0.15) is 4.31 Å². The zero-order valence-corrected chi connectivity index (χ0v) is 15.7. The molecule has 7 nitrogen and oxygen atoms in total. The van der Waals surface area contributed by atoms with E-state index in [9.17, 15) is 8.42 Å². The van der Waals surface area contributed by atoms with E-state index in [1.165, 1.54) is 17.5 Å². The van der Waals surface area contributed by atoms with E-state index in [1.807, 2.05) is 13.8 Å². The molecule has 1 fully saturated rings. The Morgan fingerprint density at radius 2 is 2.00 bits per heavy atom. The minimum absolute atomic E-state index is 0.136. The molecule has 2 rings (SSSR count). The van der Waals surface area contributed by atoms with Crippen LogP contribution in [-0.4, -0.2) is 57.3 Å². The van der Waals surface area contributed by atoms with Crippen LogP contribution in [0.2, 0.25) is 0 Å². The fourth-order valence-electron chi connectivity index (χ4n) is 2.29. The Morgan fingerprint density at radius 1 is 1.33 bits per heavy atom. The van der Waals surface area contributed by atoms with Crippen molar-refractivity contribution >= 4 is 33.0 Å². The second-order valence-electron chi connectivity index (χ2n) is 5.63. The van der Waals surface area contributed by atoms with Crippen molar-refractivity contribution in [1.29, 1.82) is 0 Å². The number of ether oxygens (including phenoxy) is 2. The van der Waals surface area contributed by atoms with Crippen molar-refractivity contribution in [2.24, 2.45) is 0 Å². The van der Waals surface area contributed by atoms with Crippen LogP contribution in [0, 0.1) is 0 Å². The maximum absolute atomic E-state index is 13.0. The Kier molecular flexibility index (Phi) is 6.39. The van der Waals surface area contributed by atoms with Crippen LogP contribution >= 0.6 is 12.2 Å². The van der Waals surface area contributed by atoms with Gasteiger partial charge in [-0.25, -0.2) is 8.42 Å². The van der Waals surface area contributed by atoms with Crippen LogP contribution in [0.5, 0.6) is 5.75 Å². The maximum Gasteiger partial charge on any atom is 0.245 e. The Balaban J connectivity index is 2.36. The summed E-state index contributed by atoms with van der Waals surface area (Å²) in [7, 11) is -2.18. The standard InChI is InChI=1S/C15H23N3O4S2/c1-11(2)16-15(23)17-13-5-4-12(21-3)10-14(13)24(19,20)18-6-8-22-9-7-18/h4-5,10-11H,6-9H2,1-3H3,(H2,16,17,23). The molecule has 9 heteroatoms. The summed E-state index contributed by atoms with van der Waals surface area (Å²) >= 11 is 5.23. The third kappa shape index (κ3) is 4.56. The summed E-state index contributed by atoms with van der Waals surface area (Å²) in [5.74, 6) is 0.468. The Hall–Kier alpha value is -1.42. The van der Waals surface area contributed by atoms with Gasteiger partial charge in [0.05, 0.1) is 26.0 Å². The van der Waals surface area contributed by atoms with Gasteiger partial charge >= 0.3 is 0 Å². The van der Waals surface area contributed by atoms with Crippen LogP contribution in [0.25, 0.3) is 0 Å². The molecule has 1 heterocycles. The summed E-state index contributed by atoms with van der Waals surface area (Å²) in [5, 5.41) is 6.37. The number of nitrogens with one attached hydrogen (secondary N) is 2. The normalized spacial score (nSPS) is 16.0. The first-order valence-electron chi connectivity index (χ1n) is 7.68. The lowest BCUT2D eigenvalue weighted by atomic mass is 10.3. The molecule has 0 unspecified atom stereocenters. The molecule has 0 aromatic heterocycles. The van der Waals surface area contributed by atoms with E-state index in [0.717, 1.165) is 0 Å². The fourth-order valence-corrected chi connectivity index (χ4v) is 4.21. The number of nitrogens with zero attached hydrogens (tertiary/aromatic N) is 1. The molecule has 0 radical (unpaired) electrons. The summed E-state index contributed by atoms with van der Waals surface area (Å²) in [6.07, 6.45) is 0. The van der Waals surface area contributed by atoms with E-state index in [2.05, 4.69) is 10.6 Å². The lowest BCUT2D eigenvalue weighted by molar-refractivity contribution is 0.0730. The highest BCUT2D eigenvalue weighted by Crippen LogP contribution is 2.29. The zero-order valence-electron chi connectivity index (χ0n) is 14.0. The van der Waals surface area contributed by atoms with Crippen LogP contribution in [-0.2, 0) is 14.8 Å². The minimum Gasteiger partial charge on any atom is -0.497 e. The van der Waals surface area contributed by atoms with Crippen LogP contribution in [0.3, 0.4) is 0 Å². The van der Waals surface area contributed by atoms with E-state index >= 15 is 0 Å². The largest absolute Gasteiger partial charge is 0.497 e. The molecule has 24 heavy (non-hydrogen) atoms. The molecular weight excluding hydrogens is 350 g/mol. The van der Waals surface area contributed by atoms with Gasteiger partial charge in [0.25, 0.3) is 0 Å². The third-order valence-corrected chi connectivity index (χ3v) is 5.60. The molecule has 1 aliphatic heterocycles. The molecular formula is C15H23N3O4S2. The first-order valence-corrected chi connectivity index (χ1v) is 9.53. The first-order chi connectivity index (χ1) is 11.3. The van der Waals surface area contributed by atoms with Crippen LogP contribution in [0.15, 0.2) is 23.1 Å². The number of thiocarbonyl (C=S) groups is 1. The number of rotatable bonds is 5. The summed E-state index contributed by atoms with van der Waals surface area (Å²) in [6.45, 7) is 5.33. The van der Waals surface area contributed by atoms with Gasteiger partial charge in [0.15, 0.2) is 5.11 Å². The molecule has 0 bridgehead atoms. The molecule has 1 aromatic rings. The fraction of sp³-hybridized carbons (Fsp3) is 0.533. The van der Waals surface area contributed by atoms with Crippen molar-refractivity contribution < 1.29 is 17.9 Å². The molecule has 1 aromatic carbocycles. The highest BCUT2D eigenvalue weighted by atomic mass is 32.2. The summed E-state index contributed by atoms with van der Waals surface area (Å²) in [4.78, 5) is 0.136. The topological polar surface area (TPSA) is 79.9 Å². The van der Waals surface area contributed by atoms with Gasteiger partial charge in [0, 0.05) is 25.2 Å². The van der Waals surface area contributed by atoms with Crippen LogP contribution in [0.1, 0.15) is 13.8 Å². The minimum atomic E-state index is -3.68. The van der Waals surface area contributed by atoms with Gasteiger partial charge in [-0.3, -0.25) is 0 Å². The van der Waals surface area contributed by atoms with Gasteiger partial charge < -0.3 is 20.1 Å². The van der Waals surface area contributed by atoms with E-state index in [0.29, 0.717) is 42.9 Å². The Morgan fingerprint density at radius 3 is 2.58 bits per heavy atom. The first kappa shape index (κ1) is 18.9. The van der Waals surface area contributed by atoms with Crippen LogP contribution < -0.4 is 15.4 Å². The molecule has 1 saturated heterocycles. The molecule has 2 N–H and O–H groups in total. The predicted octanol–water partition coefficient (Wildman–Crippen LogP) is 1.41. The average molecular weight is 374 g/mol. The van der Waals surface area contributed by atoms with Crippen molar-refractivity contribution in [2.45, 2.75) is 24.8 Å². The second kappa shape index (κ2) is 8.11. The maximum atomic E-state index is 13.0. The van der Waals surface area contributed by atoms with Gasteiger partial charge in [-0.15, -0.1) is 0 Å². The molecule has 0 saturated carbocycles. The highest BCUT2D eigenvalue weighted by molar-refractivity contribution is 7.89. The number of benzene rings is 1. The average Bonchev–Trinajstić information content (AvgIpc) is 2.55.